The highest BCUT2D eigenvalue weighted by Crippen LogP contribution is 2.42. The molecule has 1 unspecified atom stereocenters. The van der Waals surface area contributed by atoms with Crippen LogP contribution in [0.3, 0.4) is 0 Å². The Balaban J connectivity index is 1.89. The van der Waals surface area contributed by atoms with Gasteiger partial charge in [-0.3, -0.25) is 9.80 Å². The van der Waals surface area contributed by atoms with Gasteiger partial charge in [0.15, 0.2) is 0 Å². The Morgan fingerprint density at radius 3 is 2.23 bits per heavy atom. The van der Waals surface area contributed by atoms with Crippen LogP contribution >= 0.6 is 11.6 Å². The second-order valence-electron chi connectivity index (χ2n) is 9.11. The lowest BCUT2D eigenvalue weighted by Gasteiger charge is -2.48. The lowest BCUT2D eigenvalue weighted by Crippen LogP contribution is -2.50. The van der Waals surface area contributed by atoms with E-state index in [1.807, 2.05) is 0 Å². The summed E-state index contributed by atoms with van der Waals surface area (Å²) < 4.78 is 0. The number of hydrogen-bond donors (Lipinski definition) is 0. The second kappa shape index (κ2) is 11.3. The molecule has 0 N–H and O–H groups in total. The monoisotopic (exact) mass is 426 g/mol. The van der Waals surface area contributed by atoms with Crippen LogP contribution in [0.2, 0.25) is 5.02 Å². The smallest absolute Gasteiger partial charge is 0.0487 e. The molecule has 1 heterocycles. The van der Waals surface area contributed by atoms with E-state index in [0.29, 0.717) is 6.04 Å². The number of hydrogen-bond acceptors (Lipinski definition) is 2. The third kappa shape index (κ3) is 5.66. The molecule has 0 bridgehead atoms. The Bertz CT molecular complexity index is 754. The maximum absolute atomic E-state index is 6.83. The first-order valence-corrected chi connectivity index (χ1v) is 12.2. The molecule has 2 nitrogen and oxygen atoms in total. The fourth-order valence-corrected chi connectivity index (χ4v) is 5.43. The molecule has 164 valence electrons. The topological polar surface area (TPSA) is 6.48 Å². The molecule has 0 saturated carbocycles. The van der Waals surface area contributed by atoms with Crippen molar-refractivity contribution in [3.8, 4) is 0 Å². The quantitative estimate of drug-likeness (QED) is 0.399. The van der Waals surface area contributed by atoms with E-state index < -0.39 is 0 Å². The van der Waals surface area contributed by atoms with Crippen LogP contribution in [0, 0.1) is 0 Å². The van der Waals surface area contributed by atoms with Gasteiger partial charge in [0.2, 0.25) is 0 Å². The molecular weight excluding hydrogens is 388 g/mol. The van der Waals surface area contributed by atoms with Crippen LogP contribution in [-0.4, -0.2) is 35.5 Å². The van der Waals surface area contributed by atoms with Crippen molar-refractivity contribution in [2.45, 2.75) is 77.4 Å². The van der Waals surface area contributed by atoms with E-state index in [-0.39, 0.29) is 5.54 Å². The average molecular weight is 427 g/mol. The minimum Gasteiger partial charge on any atom is -0.297 e. The number of rotatable bonds is 10. The van der Waals surface area contributed by atoms with Gasteiger partial charge in [0.1, 0.15) is 0 Å². The van der Waals surface area contributed by atoms with Gasteiger partial charge in [0, 0.05) is 29.7 Å². The molecule has 1 aliphatic heterocycles. The zero-order valence-corrected chi connectivity index (χ0v) is 19.9. The zero-order chi connectivity index (χ0) is 21.4. The Morgan fingerprint density at radius 2 is 1.60 bits per heavy atom. The van der Waals surface area contributed by atoms with Crippen LogP contribution in [0.4, 0.5) is 0 Å². The first kappa shape index (κ1) is 23.3. The van der Waals surface area contributed by atoms with Gasteiger partial charge in [0.25, 0.3) is 0 Å². The predicted molar refractivity (Wildman–Crippen MR) is 130 cm³/mol. The van der Waals surface area contributed by atoms with Crippen molar-refractivity contribution in [2.24, 2.45) is 0 Å². The highest BCUT2D eigenvalue weighted by molar-refractivity contribution is 6.31. The summed E-state index contributed by atoms with van der Waals surface area (Å²) in [5.74, 6) is 0. The molecule has 1 fully saturated rings. The summed E-state index contributed by atoms with van der Waals surface area (Å²) in [6.07, 6.45) is 7.40. The second-order valence-corrected chi connectivity index (χ2v) is 9.52. The highest BCUT2D eigenvalue weighted by atomic mass is 35.5. The minimum atomic E-state index is 0.0251. The molecule has 0 aliphatic carbocycles. The third-order valence-corrected chi connectivity index (χ3v) is 7.10. The van der Waals surface area contributed by atoms with E-state index in [1.54, 1.807) is 0 Å². The fraction of sp³-hybridized carbons (Fsp3) is 0.556. The van der Waals surface area contributed by atoms with Crippen molar-refractivity contribution in [3.05, 3.63) is 70.7 Å². The number of likely N-dealkylation sites (tertiary alicyclic amines) is 1. The standard InChI is InChI=1S/C27H39ClN2/c1-4-17-27(30-19-11-6-12-20-30,25-15-9-10-16-26(25)28)18-21-29(23(2)3)22-24-13-7-5-8-14-24/h5,7-10,13-16,23H,4,6,11-12,17-22H2,1-3H3. The van der Waals surface area contributed by atoms with Gasteiger partial charge >= 0.3 is 0 Å². The Labute approximate surface area is 189 Å². The van der Waals surface area contributed by atoms with Crippen molar-refractivity contribution < 1.29 is 0 Å². The van der Waals surface area contributed by atoms with Gasteiger partial charge in [-0.25, -0.2) is 0 Å². The van der Waals surface area contributed by atoms with Gasteiger partial charge in [-0.1, -0.05) is 79.9 Å². The maximum Gasteiger partial charge on any atom is 0.0487 e. The van der Waals surface area contributed by atoms with Crippen molar-refractivity contribution in [3.63, 3.8) is 0 Å². The molecule has 0 amide bonds. The predicted octanol–water partition coefficient (Wildman–Crippen LogP) is 7.12. The van der Waals surface area contributed by atoms with Crippen LogP contribution < -0.4 is 0 Å². The van der Waals surface area contributed by atoms with Crippen molar-refractivity contribution in [1.29, 1.82) is 0 Å². The summed E-state index contributed by atoms with van der Waals surface area (Å²) in [6.45, 7) is 11.4. The van der Waals surface area contributed by atoms with Crippen molar-refractivity contribution in [2.75, 3.05) is 19.6 Å². The summed E-state index contributed by atoms with van der Waals surface area (Å²) in [5.41, 5.74) is 2.75. The molecule has 3 rings (SSSR count). The summed E-state index contributed by atoms with van der Waals surface area (Å²) in [6, 6.07) is 20.0. The molecule has 0 aromatic heterocycles. The molecule has 30 heavy (non-hydrogen) atoms. The molecule has 1 aliphatic rings. The number of benzene rings is 2. The fourth-order valence-electron chi connectivity index (χ4n) is 5.12. The number of halogens is 1. The third-order valence-electron chi connectivity index (χ3n) is 6.77. The highest BCUT2D eigenvalue weighted by Gasteiger charge is 2.39. The summed E-state index contributed by atoms with van der Waals surface area (Å²) in [5, 5.41) is 0.927. The zero-order valence-electron chi connectivity index (χ0n) is 19.1. The average Bonchev–Trinajstić information content (AvgIpc) is 2.77. The van der Waals surface area contributed by atoms with Gasteiger partial charge in [0.05, 0.1) is 0 Å². The van der Waals surface area contributed by atoms with E-state index in [9.17, 15) is 0 Å². The van der Waals surface area contributed by atoms with Gasteiger partial charge in [-0.15, -0.1) is 0 Å². The Hall–Kier alpha value is -1.35. The normalized spacial score (nSPS) is 17.4. The van der Waals surface area contributed by atoms with Gasteiger partial charge in [-0.05, 0) is 69.8 Å². The largest absolute Gasteiger partial charge is 0.297 e. The van der Waals surface area contributed by atoms with Crippen LogP contribution in [0.1, 0.15) is 70.4 Å². The summed E-state index contributed by atoms with van der Waals surface area (Å²) in [7, 11) is 0. The molecule has 2 aromatic carbocycles. The molecular formula is C27H39ClN2. The summed E-state index contributed by atoms with van der Waals surface area (Å²) in [4.78, 5) is 5.39. The molecule has 1 atom stereocenters. The first-order valence-electron chi connectivity index (χ1n) is 11.8. The van der Waals surface area contributed by atoms with Crippen LogP contribution in [0.25, 0.3) is 0 Å². The van der Waals surface area contributed by atoms with E-state index >= 15 is 0 Å². The van der Waals surface area contributed by atoms with Crippen molar-refractivity contribution in [1.82, 2.24) is 9.80 Å². The van der Waals surface area contributed by atoms with Crippen molar-refractivity contribution >= 4 is 11.6 Å². The van der Waals surface area contributed by atoms with Crippen LogP contribution in [0.15, 0.2) is 54.6 Å². The van der Waals surface area contributed by atoms with E-state index in [4.69, 9.17) is 11.6 Å². The molecule has 0 spiro atoms. The van der Waals surface area contributed by atoms with E-state index in [1.165, 1.54) is 49.9 Å². The van der Waals surface area contributed by atoms with Crippen LogP contribution in [0.5, 0.6) is 0 Å². The van der Waals surface area contributed by atoms with E-state index in [0.717, 1.165) is 31.0 Å². The Kier molecular flexibility index (Phi) is 8.80. The minimum absolute atomic E-state index is 0.0251. The molecule has 3 heteroatoms. The molecule has 2 aromatic rings. The molecule has 1 saturated heterocycles. The first-order chi connectivity index (χ1) is 14.6. The lowest BCUT2D eigenvalue weighted by molar-refractivity contribution is 0.0329. The Morgan fingerprint density at radius 1 is 0.933 bits per heavy atom. The lowest BCUT2D eigenvalue weighted by atomic mass is 9.79. The van der Waals surface area contributed by atoms with E-state index in [2.05, 4.69) is 85.2 Å². The molecule has 0 radical (unpaired) electrons. The number of nitrogens with zero attached hydrogens (tertiary/aromatic N) is 2. The number of piperidine rings is 1. The maximum atomic E-state index is 6.83. The van der Waals surface area contributed by atoms with Gasteiger partial charge in [-0.2, -0.15) is 0 Å². The van der Waals surface area contributed by atoms with Crippen LogP contribution in [-0.2, 0) is 12.1 Å². The summed E-state index contributed by atoms with van der Waals surface area (Å²) >= 11 is 6.83. The SMILES string of the molecule is CCCC(CCN(Cc1ccccc1)C(C)C)(c1ccccc1Cl)N1CCCCC1. The van der Waals surface area contributed by atoms with Gasteiger partial charge < -0.3 is 0 Å².